The Kier molecular flexibility index (Phi) is 6.07. The van der Waals surface area contributed by atoms with Crippen LogP contribution in [-0.2, 0) is 6.42 Å². The monoisotopic (exact) mass is 374 g/mol. The van der Waals surface area contributed by atoms with E-state index in [2.05, 4.69) is 4.98 Å². The molecule has 3 aromatic rings. The lowest BCUT2D eigenvalue weighted by Crippen LogP contribution is -2.06. The van der Waals surface area contributed by atoms with Crippen LogP contribution in [-0.4, -0.2) is 25.0 Å². The van der Waals surface area contributed by atoms with Gasteiger partial charge in [-0.1, -0.05) is 24.3 Å². The van der Waals surface area contributed by atoms with E-state index in [-0.39, 0.29) is 5.78 Å². The molecule has 2 N–H and O–H groups in total. The molecule has 28 heavy (non-hydrogen) atoms. The van der Waals surface area contributed by atoms with Crippen molar-refractivity contribution in [2.45, 2.75) is 6.42 Å². The molecule has 0 aliphatic carbocycles. The van der Waals surface area contributed by atoms with E-state index in [0.717, 1.165) is 22.6 Å². The van der Waals surface area contributed by atoms with Gasteiger partial charge in [0.1, 0.15) is 17.2 Å². The lowest BCUT2D eigenvalue weighted by Gasteiger charge is -2.08. The first-order chi connectivity index (χ1) is 13.6. The maximum absolute atomic E-state index is 12.8. The van der Waals surface area contributed by atoms with Gasteiger partial charge in [0, 0.05) is 23.5 Å². The quantitative estimate of drug-likeness (QED) is 0.496. The lowest BCUT2D eigenvalue weighted by molar-refractivity contribution is 0.103. The summed E-state index contributed by atoms with van der Waals surface area (Å²) >= 11 is 0. The van der Waals surface area contributed by atoms with Crippen molar-refractivity contribution in [2.24, 2.45) is 0 Å². The van der Waals surface area contributed by atoms with Gasteiger partial charge in [-0.25, -0.2) is 0 Å². The van der Waals surface area contributed by atoms with E-state index in [0.29, 0.717) is 23.4 Å². The summed E-state index contributed by atoms with van der Waals surface area (Å²) in [5.74, 6) is 1.32. The second-order valence-electron chi connectivity index (χ2n) is 6.22. The van der Waals surface area contributed by atoms with E-state index >= 15 is 0 Å². The van der Waals surface area contributed by atoms with Crippen molar-refractivity contribution in [1.82, 2.24) is 4.98 Å². The van der Waals surface area contributed by atoms with E-state index in [1.807, 2.05) is 36.4 Å². The Hall–Kier alpha value is -3.60. The molecule has 0 fully saturated rings. The molecule has 2 aromatic carbocycles. The largest absolute Gasteiger partial charge is 0.497 e. The molecule has 0 spiro atoms. The Balaban J connectivity index is 1.86. The van der Waals surface area contributed by atoms with Crippen LogP contribution in [0.3, 0.4) is 0 Å². The number of pyridine rings is 1. The Bertz CT molecular complexity index is 976. The number of benzene rings is 2. The van der Waals surface area contributed by atoms with Crippen LogP contribution < -0.4 is 15.2 Å². The zero-order valence-electron chi connectivity index (χ0n) is 15.9. The number of nitrogens with zero attached hydrogens (tertiary/aromatic N) is 1. The van der Waals surface area contributed by atoms with Crippen LogP contribution in [0, 0.1) is 0 Å². The molecule has 0 saturated carbocycles. The van der Waals surface area contributed by atoms with Crippen LogP contribution >= 0.6 is 0 Å². The molecule has 142 valence electrons. The summed E-state index contributed by atoms with van der Waals surface area (Å²) in [4.78, 5) is 17.0. The van der Waals surface area contributed by atoms with Gasteiger partial charge in [0.15, 0.2) is 0 Å². The number of rotatable bonds is 7. The number of methoxy groups -OCH3 is 2. The van der Waals surface area contributed by atoms with E-state index in [4.69, 9.17) is 15.2 Å². The Morgan fingerprint density at radius 2 is 1.79 bits per heavy atom. The van der Waals surface area contributed by atoms with Crippen LogP contribution in [0.1, 0.15) is 27.2 Å². The van der Waals surface area contributed by atoms with Crippen molar-refractivity contribution in [1.29, 1.82) is 0 Å². The molecule has 3 rings (SSSR count). The van der Waals surface area contributed by atoms with Crippen LogP contribution in [0.5, 0.6) is 11.5 Å². The van der Waals surface area contributed by atoms with Gasteiger partial charge in [0.25, 0.3) is 0 Å². The summed E-state index contributed by atoms with van der Waals surface area (Å²) in [6.45, 7) is 0. The number of aromatic nitrogens is 1. The maximum atomic E-state index is 12.8. The fraction of sp³-hybridized carbons (Fsp3) is 0.130. The summed E-state index contributed by atoms with van der Waals surface area (Å²) in [6, 6.07) is 16.3. The van der Waals surface area contributed by atoms with E-state index in [1.165, 1.54) is 0 Å². The fourth-order valence-corrected chi connectivity index (χ4v) is 2.86. The highest BCUT2D eigenvalue weighted by Crippen LogP contribution is 2.24. The first-order valence-electron chi connectivity index (χ1n) is 8.84. The minimum Gasteiger partial charge on any atom is -0.497 e. The molecular weight excluding hydrogens is 352 g/mol. The third-order valence-electron chi connectivity index (χ3n) is 4.28. The number of nitrogen functional groups attached to an aromatic ring is 1. The number of nitrogens with two attached hydrogens (primary N) is 1. The zero-order chi connectivity index (χ0) is 19.9. The topological polar surface area (TPSA) is 74.4 Å². The van der Waals surface area contributed by atoms with Crippen molar-refractivity contribution >= 4 is 17.5 Å². The van der Waals surface area contributed by atoms with E-state index < -0.39 is 0 Å². The number of allylic oxidation sites excluding steroid dienone is 1. The van der Waals surface area contributed by atoms with Gasteiger partial charge in [-0.05, 0) is 53.9 Å². The predicted octanol–water partition coefficient (Wildman–Crippen LogP) is 4.17. The first kappa shape index (κ1) is 19.2. The van der Waals surface area contributed by atoms with E-state index in [1.54, 1.807) is 50.7 Å². The second-order valence-corrected chi connectivity index (χ2v) is 6.22. The SMILES string of the molecule is COc1cc(C/C=C/c2ccc(N)cc2C(=O)c2ccccn2)cc(OC)c1. The van der Waals surface area contributed by atoms with Gasteiger partial charge in [0.05, 0.1) is 14.2 Å². The summed E-state index contributed by atoms with van der Waals surface area (Å²) in [7, 11) is 3.25. The third-order valence-corrected chi connectivity index (χ3v) is 4.28. The van der Waals surface area contributed by atoms with Crippen molar-refractivity contribution in [3.63, 3.8) is 0 Å². The van der Waals surface area contributed by atoms with Crippen molar-refractivity contribution in [2.75, 3.05) is 20.0 Å². The van der Waals surface area contributed by atoms with E-state index in [9.17, 15) is 4.79 Å². The lowest BCUT2D eigenvalue weighted by atomic mass is 9.99. The molecule has 0 amide bonds. The third kappa shape index (κ3) is 4.57. The molecule has 0 saturated heterocycles. The van der Waals surface area contributed by atoms with Crippen LogP contribution in [0.4, 0.5) is 5.69 Å². The average molecular weight is 374 g/mol. The first-order valence-corrected chi connectivity index (χ1v) is 8.84. The zero-order valence-corrected chi connectivity index (χ0v) is 15.9. The molecular formula is C23H22N2O3. The van der Waals surface area contributed by atoms with Crippen LogP contribution in [0.2, 0.25) is 0 Å². The molecule has 0 bridgehead atoms. The van der Waals surface area contributed by atoms with Gasteiger partial charge in [0.2, 0.25) is 5.78 Å². The predicted molar refractivity (Wildman–Crippen MR) is 111 cm³/mol. The minimum atomic E-state index is -0.157. The highest BCUT2D eigenvalue weighted by atomic mass is 16.5. The molecule has 1 aromatic heterocycles. The standard InChI is InChI=1S/C23H22N2O3/c1-27-19-12-16(13-20(15-19)28-2)6-5-7-17-9-10-18(24)14-21(17)23(26)22-8-3-4-11-25-22/h3-5,7-15H,6,24H2,1-2H3/b7-5+. The van der Waals surface area contributed by atoms with Gasteiger partial charge in [-0.2, -0.15) is 0 Å². The van der Waals surface area contributed by atoms with Gasteiger partial charge in [-0.3, -0.25) is 9.78 Å². The van der Waals surface area contributed by atoms with Crippen molar-refractivity contribution < 1.29 is 14.3 Å². The number of carbonyl (C=O) groups excluding carboxylic acids is 1. The summed E-state index contributed by atoms with van der Waals surface area (Å²) in [6.07, 6.45) is 6.18. The molecule has 0 unspecified atom stereocenters. The fourth-order valence-electron chi connectivity index (χ4n) is 2.86. The highest BCUT2D eigenvalue weighted by Gasteiger charge is 2.14. The molecule has 5 heteroatoms. The molecule has 0 radical (unpaired) electrons. The van der Waals surface area contributed by atoms with Gasteiger partial charge in [-0.15, -0.1) is 0 Å². The normalized spacial score (nSPS) is 10.8. The van der Waals surface area contributed by atoms with Crippen molar-refractivity contribution in [3.05, 3.63) is 89.3 Å². The van der Waals surface area contributed by atoms with Crippen LogP contribution in [0.25, 0.3) is 6.08 Å². The highest BCUT2D eigenvalue weighted by molar-refractivity contribution is 6.10. The number of ether oxygens (including phenoxy) is 2. The maximum Gasteiger partial charge on any atom is 0.212 e. The molecule has 1 heterocycles. The number of hydrogen-bond donors (Lipinski definition) is 1. The molecule has 5 nitrogen and oxygen atoms in total. The summed E-state index contributed by atoms with van der Waals surface area (Å²) in [5, 5.41) is 0. The van der Waals surface area contributed by atoms with Crippen molar-refractivity contribution in [3.8, 4) is 11.5 Å². The Morgan fingerprint density at radius 3 is 2.43 bits per heavy atom. The number of ketones is 1. The van der Waals surface area contributed by atoms with Gasteiger partial charge >= 0.3 is 0 Å². The second kappa shape index (κ2) is 8.86. The molecule has 0 aliphatic rings. The Labute approximate surface area is 164 Å². The average Bonchev–Trinajstić information content (AvgIpc) is 2.74. The number of carbonyl (C=O) groups is 1. The molecule has 0 aliphatic heterocycles. The Morgan fingerprint density at radius 1 is 1.04 bits per heavy atom. The smallest absolute Gasteiger partial charge is 0.212 e. The van der Waals surface area contributed by atoms with Gasteiger partial charge < -0.3 is 15.2 Å². The molecule has 0 atom stereocenters. The number of anilines is 1. The summed E-state index contributed by atoms with van der Waals surface area (Å²) in [5.41, 5.74) is 9.19. The van der Waals surface area contributed by atoms with Crippen LogP contribution in [0.15, 0.2) is 66.9 Å². The number of hydrogen-bond acceptors (Lipinski definition) is 5. The summed E-state index contributed by atoms with van der Waals surface area (Å²) < 4.78 is 10.6. The minimum absolute atomic E-state index is 0.157.